The predicted octanol–water partition coefficient (Wildman–Crippen LogP) is 2.54. The normalized spacial score (nSPS) is 22.1. The van der Waals surface area contributed by atoms with Gasteiger partial charge in [0.25, 0.3) is 0 Å². The van der Waals surface area contributed by atoms with Crippen LogP contribution in [0.25, 0.3) is 0 Å². The Morgan fingerprint density at radius 3 is 2.88 bits per heavy atom. The van der Waals surface area contributed by atoms with Crippen LogP contribution in [-0.4, -0.2) is 66.1 Å². The first-order valence-corrected chi connectivity index (χ1v) is 9.60. The van der Waals surface area contributed by atoms with Gasteiger partial charge in [-0.05, 0) is 45.1 Å². The van der Waals surface area contributed by atoms with Gasteiger partial charge in [0, 0.05) is 32.4 Å². The van der Waals surface area contributed by atoms with Gasteiger partial charge in [-0.2, -0.15) is 5.10 Å². The zero-order valence-electron chi connectivity index (χ0n) is 15.7. The van der Waals surface area contributed by atoms with E-state index in [0.717, 1.165) is 63.8 Å². The topological polar surface area (TPSA) is 74.8 Å². The highest BCUT2D eigenvalue weighted by molar-refractivity contribution is 14.0. The first-order chi connectivity index (χ1) is 12.3. The number of piperidine rings is 1. The van der Waals surface area contributed by atoms with Crippen molar-refractivity contribution in [2.75, 3.05) is 32.8 Å². The molecule has 2 saturated heterocycles. The lowest BCUT2D eigenvalue weighted by atomic mass is 10.1. The van der Waals surface area contributed by atoms with Crippen LogP contribution in [-0.2, 0) is 16.0 Å². The van der Waals surface area contributed by atoms with Crippen molar-refractivity contribution in [2.45, 2.75) is 57.8 Å². The SMILES string of the molecule is CCNC(=NCc1ccn[nH]1)N1CCC(OCC2CCCCO2)CC1.I. The van der Waals surface area contributed by atoms with Gasteiger partial charge in [0.15, 0.2) is 5.96 Å². The molecule has 2 fully saturated rings. The molecule has 2 N–H and O–H groups in total. The summed E-state index contributed by atoms with van der Waals surface area (Å²) in [5.41, 5.74) is 1.03. The molecule has 0 saturated carbocycles. The van der Waals surface area contributed by atoms with E-state index in [4.69, 9.17) is 14.5 Å². The number of nitrogens with zero attached hydrogens (tertiary/aromatic N) is 3. The van der Waals surface area contributed by atoms with Gasteiger partial charge in [0.2, 0.25) is 0 Å². The molecule has 2 aliphatic rings. The largest absolute Gasteiger partial charge is 0.376 e. The van der Waals surface area contributed by atoms with E-state index in [1.807, 2.05) is 6.07 Å². The van der Waals surface area contributed by atoms with Crippen LogP contribution in [0.1, 0.15) is 44.7 Å². The van der Waals surface area contributed by atoms with Crippen molar-refractivity contribution in [2.24, 2.45) is 4.99 Å². The number of aromatic amines is 1. The summed E-state index contributed by atoms with van der Waals surface area (Å²) in [6, 6.07) is 1.96. The first-order valence-electron chi connectivity index (χ1n) is 9.60. The molecule has 0 spiro atoms. The van der Waals surface area contributed by atoms with E-state index in [9.17, 15) is 0 Å². The summed E-state index contributed by atoms with van der Waals surface area (Å²) in [5.74, 6) is 0.978. The highest BCUT2D eigenvalue weighted by Crippen LogP contribution is 2.18. The van der Waals surface area contributed by atoms with Crippen molar-refractivity contribution in [3.05, 3.63) is 18.0 Å². The van der Waals surface area contributed by atoms with Crippen molar-refractivity contribution in [1.82, 2.24) is 20.4 Å². The molecule has 0 radical (unpaired) electrons. The average molecular weight is 477 g/mol. The zero-order valence-corrected chi connectivity index (χ0v) is 18.0. The molecular weight excluding hydrogens is 445 g/mol. The number of hydrogen-bond acceptors (Lipinski definition) is 4. The third kappa shape index (κ3) is 6.70. The average Bonchev–Trinajstić information content (AvgIpc) is 3.18. The lowest BCUT2D eigenvalue weighted by Gasteiger charge is -2.35. The molecule has 3 rings (SSSR count). The molecule has 7 nitrogen and oxygen atoms in total. The van der Waals surface area contributed by atoms with Crippen molar-refractivity contribution in [3.8, 4) is 0 Å². The third-order valence-corrected chi connectivity index (χ3v) is 4.83. The zero-order chi connectivity index (χ0) is 17.3. The van der Waals surface area contributed by atoms with Crippen molar-refractivity contribution in [1.29, 1.82) is 0 Å². The monoisotopic (exact) mass is 477 g/mol. The van der Waals surface area contributed by atoms with Crippen molar-refractivity contribution in [3.63, 3.8) is 0 Å². The summed E-state index contributed by atoms with van der Waals surface area (Å²) in [7, 11) is 0. The Bertz CT molecular complexity index is 512. The van der Waals surface area contributed by atoms with E-state index >= 15 is 0 Å². The van der Waals surface area contributed by atoms with Crippen molar-refractivity contribution < 1.29 is 9.47 Å². The van der Waals surface area contributed by atoms with E-state index < -0.39 is 0 Å². The fraction of sp³-hybridized carbons (Fsp3) is 0.778. The maximum absolute atomic E-state index is 6.10. The summed E-state index contributed by atoms with van der Waals surface area (Å²) in [4.78, 5) is 7.05. The number of nitrogens with one attached hydrogen (secondary N) is 2. The van der Waals surface area contributed by atoms with Gasteiger partial charge >= 0.3 is 0 Å². The van der Waals surface area contributed by atoms with E-state index in [1.165, 1.54) is 12.8 Å². The fourth-order valence-corrected chi connectivity index (χ4v) is 3.38. The summed E-state index contributed by atoms with van der Waals surface area (Å²) in [6.45, 7) is 7.20. The lowest BCUT2D eigenvalue weighted by Crippen LogP contribution is -2.47. The summed E-state index contributed by atoms with van der Waals surface area (Å²) >= 11 is 0. The molecule has 8 heteroatoms. The number of aliphatic imine (C=N–C) groups is 1. The Morgan fingerprint density at radius 1 is 1.38 bits per heavy atom. The van der Waals surface area contributed by atoms with Crippen LogP contribution in [0.2, 0.25) is 0 Å². The van der Waals surface area contributed by atoms with Crippen LogP contribution in [0.4, 0.5) is 0 Å². The number of guanidine groups is 1. The minimum Gasteiger partial charge on any atom is -0.376 e. The smallest absolute Gasteiger partial charge is 0.194 e. The van der Waals surface area contributed by atoms with Crippen molar-refractivity contribution >= 4 is 29.9 Å². The minimum absolute atomic E-state index is 0. The molecule has 148 valence electrons. The molecule has 2 aliphatic heterocycles. The molecule has 26 heavy (non-hydrogen) atoms. The van der Waals surface area contributed by atoms with E-state index in [2.05, 4.69) is 27.3 Å². The molecule has 1 atom stereocenters. The predicted molar refractivity (Wildman–Crippen MR) is 113 cm³/mol. The fourth-order valence-electron chi connectivity index (χ4n) is 3.38. The second-order valence-corrected chi connectivity index (χ2v) is 6.76. The highest BCUT2D eigenvalue weighted by Gasteiger charge is 2.23. The molecule has 1 aromatic heterocycles. The Morgan fingerprint density at radius 2 is 2.23 bits per heavy atom. The molecule has 0 aliphatic carbocycles. The van der Waals surface area contributed by atoms with Crippen LogP contribution < -0.4 is 5.32 Å². The molecule has 0 aromatic carbocycles. The van der Waals surface area contributed by atoms with Crippen LogP contribution in [0.5, 0.6) is 0 Å². The standard InChI is InChI=1S/C18H31N5O2.HI/c1-2-19-18(20-13-15-6-9-21-22-15)23-10-7-16(8-11-23)25-14-17-5-3-4-12-24-17;/h6,9,16-17H,2-5,7-8,10-14H2,1H3,(H,19,20)(H,21,22);1H. The molecule has 0 bridgehead atoms. The maximum Gasteiger partial charge on any atom is 0.194 e. The number of halogens is 1. The van der Waals surface area contributed by atoms with Crippen LogP contribution in [0.3, 0.4) is 0 Å². The number of aromatic nitrogens is 2. The summed E-state index contributed by atoms with van der Waals surface area (Å²) in [6.07, 6.45) is 8.10. The molecule has 1 aromatic rings. The summed E-state index contributed by atoms with van der Waals surface area (Å²) < 4.78 is 11.9. The number of H-pyrrole nitrogens is 1. The van der Waals surface area contributed by atoms with Gasteiger partial charge in [-0.3, -0.25) is 5.10 Å². The Kier molecular flexibility index (Phi) is 9.69. The minimum atomic E-state index is 0. The highest BCUT2D eigenvalue weighted by atomic mass is 127. The number of likely N-dealkylation sites (tertiary alicyclic amines) is 1. The van der Waals surface area contributed by atoms with E-state index in [-0.39, 0.29) is 24.0 Å². The molecule has 3 heterocycles. The number of ether oxygens (including phenoxy) is 2. The molecular formula is C18H32IN5O2. The quantitative estimate of drug-likeness (QED) is 0.374. The second kappa shape index (κ2) is 11.8. The third-order valence-electron chi connectivity index (χ3n) is 4.83. The lowest BCUT2D eigenvalue weighted by molar-refractivity contribution is -0.0721. The van der Waals surface area contributed by atoms with Gasteiger partial charge in [-0.1, -0.05) is 0 Å². The first kappa shape index (κ1) is 21.4. The molecule has 1 unspecified atom stereocenters. The van der Waals surface area contributed by atoms with E-state index in [1.54, 1.807) is 6.20 Å². The Balaban J connectivity index is 0.00000243. The van der Waals surface area contributed by atoms with Gasteiger partial charge in [-0.25, -0.2) is 4.99 Å². The summed E-state index contributed by atoms with van der Waals surface area (Å²) in [5, 5.41) is 10.3. The van der Waals surface area contributed by atoms with Gasteiger partial charge in [-0.15, -0.1) is 24.0 Å². The number of rotatable bonds is 6. The Hall–Kier alpha value is -0.870. The second-order valence-electron chi connectivity index (χ2n) is 6.76. The van der Waals surface area contributed by atoms with Crippen LogP contribution >= 0.6 is 24.0 Å². The Labute approximate surface area is 173 Å². The maximum atomic E-state index is 6.10. The van der Waals surface area contributed by atoms with Crippen LogP contribution in [0.15, 0.2) is 17.3 Å². The van der Waals surface area contributed by atoms with Gasteiger partial charge < -0.3 is 19.7 Å². The van der Waals surface area contributed by atoms with Gasteiger partial charge in [0.1, 0.15) is 0 Å². The van der Waals surface area contributed by atoms with Gasteiger partial charge in [0.05, 0.1) is 31.1 Å². The molecule has 0 amide bonds. The van der Waals surface area contributed by atoms with Crippen LogP contribution in [0, 0.1) is 0 Å². The number of hydrogen-bond donors (Lipinski definition) is 2. The van der Waals surface area contributed by atoms with E-state index in [0.29, 0.717) is 18.8 Å².